The van der Waals surface area contributed by atoms with Gasteiger partial charge in [-0.2, -0.15) is 15.2 Å². The fourth-order valence-corrected chi connectivity index (χ4v) is 8.40. The van der Waals surface area contributed by atoms with Gasteiger partial charge in [0.25, 0.3) is 17.4 Å². The van der Waals surface area contributed by atoms with E-state index >= 15 is 0 Å². The van der Waals surface area contributed by atoms with Gasteiger partial charge in [-0.25, -0.2) is 24.5 Å². The molecule has 382 valence electrons. The Bertz CT molecular complexity index is 2800. The highest BCUT2D eigenvalue weighted by Crippen LogP contribution is 2.47. The molecule has 5 aromatic rings. The molecular formula is C46H54N11O14P. The van der Waals surface area contributed by atoms with Crippen molar-refractivity contribution in [3.63, 3.8) is 0 Å². The Morgan fingerprint density at radius 2 is 1.64 bits per heavy atom. The number of hydrogen-bond donors (Lipinski definition) is 2. The van der Waals surface area contributed by atoms with Crippen molar-refractivity contribution in [2.24, 2.45) is 4.99 Å². The maximum atomic E-state index is 13.5. The highest BCUT2D eigenvalue weighted by Gasteiger charge is 2.43. The quantitative estimate of drug-likeness (QED) is 0.0274. The zero-order valence-electron chi connectivity index (χ0n) is 39.9. The van der Waals surface area contributed by atoms with Crippen LogP contribution < -0.4 is 26.0 Å². The number of anilines is 1. The lowest BCUT2D eigenvalue weighted by atomic mass is 10.1. The van der Waals surface area contributed by atoms with Crippen LogP contribution in [0, 0.1) is 11.3 Å². The van der Waals surface area contributed by atoms with Crippen LogP contribution in [-0.4, -0.2) is 135 Å². The number of nitrogens with zero attached hydrogens (tertiary/aromatic N) is 9. The molecule has 2 fully saturated rings. The number of aliphatic imine (C=N–C) groups is 1. The number of H-pyrrole nitrogens is 1. The second kappa shape index (κ2) is 25.8. The molecule has 7 rings (SSSR count). The summed E-state index contributed by atoms with van der Waals surface area (Å²) in [4.78, 5) is 89.6. The molecule has 0 radical (unpaired) electrons. The van der Waals surface area contributed by atoms with E-state index in [9.17, 15) is 29.2 Å². The molecule has 72 heavy (non-hydrogen) atoms. The van der Waals surface area contributed by atoms with Gasteiger partial charge in [0.05, 0.1) is 38.4 Å². The summed E-state index contributed by atoms with van der Waals surface area (Å²) in [6.07, 6.45) is 1.21. The minimum Gasteiger partial charge on any atom is -0.484 e. The van der Waals surface area contributed by atoms with Crippen LogP contribution in [0.4, 0.5) is 11.9 Å². The Hall–Kier alpha value is -7.20. The Kier molecular flexibility index (Phi) is 18.8. The standard InChI is InChI=1S/C46H54N11O14P/c1-5-6-11-30-14-16-32(17-15-30)65-25-40(60)70-33-20-38(56-27-48-41-42(56)52-45(53-43(41)61)51-37(59)24-64-31-12-8-7-9-13-31)69-36(33)23-67-72(66-19-10-18-47)71-34-21-39(68-35(34)22-63-29(2)58)57-28-50-44(54-46(57)62)49-26-55(3)4/h7-9,12-17,26-28,33-36,38-39H,5-6,10-11,19-25H2,1-4H3,(H2,51,52,53,59,61)/t33-,34-,35?,36?,38-,39-,72?/m1/s1. The number of imidazole rings is 1. The van der Waals surface area contributed by atoms with E-state index in [1.165, 1.54) is 30.5 Å². The molecule has 1 amide bonds. The highest BCUT2D eigenvalue weighted by molar-refractivity contribution is 7.41. The van der Waals surface area contributed by atoms with Gasteiger partial charge in [-0.1, -0.05) is 43.7 Å². The molecule has 2 saturated heterocycles. The van der Waals surface area contributed by atoms with E-state index in [4.69, 9.17) is 42.0 Å². The van der Waals surface area contributed by atoms with E-state index in [-0.39, 0.29) is 68.8 Å². The summed E-state index contributed by atoms with van der Waals surface area (Å²) in [5, 5.41) is 11.9. The smallest absolute Gasteiger partial charge is 0.354 e. The molecule has 0 bridgehead atoms. The second-order valence-electron chi connectivity index (χ2n) is 16.4. The SMILES string of the molecule is CCCCc1ccc(OCC(=O)O[C@@H]2C[C@H](n3cnc4c(=O)[nH]c(NC(=O)COc5ccccc5)nc43)OC2COP(OCCC#N)O[C@@H]2C[C@H](n3cnc(N=CN(C)C)nc3=O)OC2COC(C)=O)cc1. The molecule has 0 saturated carbocycles. The average molecular weight is 1020 g/mol. The minimum atomic E-state index is -2.36. The third kappa shape index (κ3) is 14.9. The van der Waals surface area contributed by atoms with E-state index < -0.39 is 81.2 Å². The maximum absolute atomic E-state index is 13.5. The number of para-hydroxylation sites is 1. The van der Waals surface area contributed by atoms with Crippen LogP contribution in [0.5, 0.6) is 11.5 Å². The molecule has 5 heterocycles. The van der Waals surface area contributed by atoms with Crippen LogP contribution in [-0.2, 0) is 53.3 Å². The lowest BCUT2D eigenvalue weighted by molar-refractivity contribution is -0.155. The Morgan fingerprint density at radius 1 is 0.931 bits per heavy atom. The molecule has 2 aliphatic heterocycles. The number of aryl methyl sites for hydroxylation is 1. The van der Waals surface area contributed by atoms with Crippen LogP contribution in [0.25, 0.3) is 11.2 Å². The van der Waals surface area contributed by atoms with E-state index in [0.29, 0.717) is 11.5 Å². The number of fused-ring (bicyclic) bond motifs is 1. The van der Waals surface area contributed by atoms with Gasteiger partial charge in [-0.05, 0) is 42.7 Å². The van der Waals surface area contributed by atoms with Crippen molar-refractivity contribution in [1.29, 1.82) is 5.26 Å². The van der Waals surface area contributed by atoms with Gasteiger partial charge in [0.2, 0.25) is 5.95 Å². The molecule has 26 heteroatoms. The van der Waals surface area contributed by atoms with Crippen molar-refractivity contribution in [3.8, 4) is 17.6 Å². The van der Waals surface area contributed by atoms with Gasteiger partial charge in [-0.15, -0.1) is 0 Å². The number of carbonyl (C=O) groups excluding carboxylic acids is 3. The van der Waals surface area contributed by atoms with Crippen molar-refractivity contribution in [1.82, 2.24) is 39.0 Å². The number of esters is 2. The number of benzene rings is 2. The topological polar surface area (TPSA) is 297 Å². The number of carbonyl (C=O) groups is 3. The average Bonchev–Trinajstić information content (AvgIpc) is 4.10. The number of rotatable bonds is 25. The fraction of sp³-hybridized carbons (Fsp3) is 0.457. The first-order chi connectivity index (χ1) is 34.8. The van der Waals surface area contributed by atoms with E-state index in [1.54, 1.807) is 61.5 Å². The van der Waals surface area contributed by atoms with Crippen molar-refractivity contribution < 1.29 is 56.4 Å². The molecule has 0 spiro atoms. The molecule has 3 aromatic heterocycles. The number of aromatic nitrogens is 7. The van der Waals surface area contributed by atoms with Crippen LogP contribution in [0.2, 0.25) is 0 Å². The summed E-state index contributed by atoms with van der Waals surface area (Å²) in [5.41, 5.74) is -0.247. The van der Waals surface area contributed by atoms with E-state index in [2.05, 4.69) is 42.2 Å². The first kappa shape index (κ1) is 52.6. The molecule has 2 aromatic carbocycles. The second-order valence-corrected chi connectivity index (χ2v) is 17.6. The number of unbranched alkanes of at least 4 members (excludes halogenated alkanes) is 1. The summed E-state index contributed by atoms with van der Waals surface area (Å²) in [5.74, 6) is -1.23. The van der Waals surface area contributed by atoms with Gasteiger partial charge in [0.15, 0.2) is 24.4 Å². The largest absolute Gasteiger partial charge is 0.484 e. The normalized spacial score (nSPS) is 20.0. The zero-order valence-corrected chi connectivity index (χ0v) is 40.8. The summed E-state index contributed by atoms with van der Waals surface area (Å²) >= 11 is 0. The highest BCUT2D eigenvalue weighted by atomic mass is 31.2. The third-order valence-electron chi connectivity index (χ3n) is 10.7. The Morgan fingerprint density at radius 3 is 2.36 bits per heavy atom. The molecule has 25 nitrogen and oxygen atoms in total. The van der Waals surface area contributed by atoms with Crippen LogP contribution in [0.3, 0.4) is 0 Å². The predicted molar refractivity (Wildman–Crippen MR) is 255 cm³/mol. The van der Waals surface area contributed by atoms with E-state index in [1.807, 2.05) is 18.2 Å². The van der Waals surface area contributed by atoms with Crippen molar-refractivity contribution >= 4 is 55.8 Å². The Labute approximate surface area is 413 Å². The lowest BCUT2D eigenvalue weighted by Crippen LogP contribution is -2.33. The summed E-state index contributed by atoms with van der Waals surface area (Å²) < 4.78 is 56.3. The Balaban J connectivity index is 1.09. The first-order valence-corrected chi connectivity index (χ1v) is 24.0. The summed E-state index contributed by atoms with van der Waals surface area (Å²) in [6.45, 7) is 1.84. The molecule has 2 N–H and O–H groups in total. The lowest BCUT2D eigenvalue weighted by Gasteiger charge is -2.25. The van der Waals surface area contributed by atoms with Gasteiger partial charge in [0, 0.05) is 33.9 Å². The first-order valence-electron chi connectivity index (χ1n) is 22.9. The van der Waals surface area contributed by atoms with Gasteiger partial charge in [-0.3, -0.25) is 33.8 Å². The van der Waals surface area contributed by atoms with Crippen LogP contribution >= 0.6 is 8.60 Å². The number of nitriles is 1. The van der Waals surface area contributed by atoms with Crippen LogP contribution in [0.15, 0.2) is 81.8 Å². The zero-order chi connectivity index (χ0) is 51.0. The van der Waals surface area contributed by atoms with Gasteiger partial charge >= 0.3 is 26.2 Å². The fourth-order valence-electron chi connectivity index (χ4n) is 7.26. The number of hydrogen-bond acceptors (Lipinski definition) is 20. The molecule has 0 aliphatic carbocycles. The van der Waals surface area contributed by atoms with Gasteiger partial charge in [0.1, 0.15) is 61.3 Å². The minimum absolute atomic E-state index is 0.00514. The summed E-state index contributed by atoms with van der Waals surface area (Å²) in [7, 11) is 1.14. The van der Waals surface area contributed by atoms with Crippen molar-refractivity contribution in [2.45, 2.75) is 89.2 Å². The van der Waals surface area contributed by atoms with Crippen molar-refractivity contribution in [2.75, 3.05) is 52.4 Å². The number of amides is 1. The molecule has 7 atom stereocenters. The van der Waals surface area contributed by atoms with Crippen molar-refractivity contribution in [3.05, 3.63) is 93.7 Å². The van der Waals surface area contributed by atoms with E-state index in [0.717, 1.165) is 29.4 Å². The third-order valence-corrected chi connectivity index (χ3v) is 11.9. The molecule has 3 unspecified atom stereocenters. The summed E-state index contributed by atoms with van der Waals surface area (Å²) in [6, 6.07) is 18.1. The molecular weight excluding hydrogens is 962 g/mol. The predicted octanol–water partition coefficient (Wildman–Crippen LogP) is 4.04. The maximum Gasteiger partial charge on any atom is 0.354 e. The molecule has 2 aliphatic rings. The number of aromatic amines is 1. The van der Waals surface area contributed by atoms with Crippen LogP contribution in [0.1, 0.15) is 64.0 Å². The number of nitrogens with one attached hydrogen (secondary N) is 2. The van der Waals surface area contributed by atoms with Gasteiger partial charge < -0.3 is 46.9 Å². The number of ether oxygens (including phenoxy) is 6. The monoisotopic (exact) mass is 1020 g/mol.